The highest BCUT2D eigenvalue weighted by Gasteiger charge is 2.35. The second-order valence-electron chi connectivity index (χ2n) is 10.3. The fourth-order valence-corrected chi connectivity index (χ4v) is 6.14. The van der Waals surface area contributed by atoms with E-state index in [9.17, 15) is 14.4 Å². The maximum Gasteiger partial charge on any atom is 0.322 e. The Kier molecular flexibility index (Phi) is 6.56. The standard InChI is InChI=1S/C26H36N4O3/c31-24(20-5-1-2-6-20)28-13-15-29(16-14-28)25(32)21-11-9-19(10-12-21)17-30-18-22-7-3-4-8-23(22)27-26(30)33/h3-4,7-8,19-21H,1-2,5-6,9-18H2,(H,27,33)/t19-,21-. The lowest BCUT2D eigenvalue weighted by Gasteiger charge is -2.39. The van der Waals surface area contributed by atoms with Crippen molar-refractivity contribution in [3.63, 3.8) is 0 Å². The van der Waals surface area contributed by atoms with Gasteiger partial charge in [-0.15, -0.1) is 0 Å². The lowest BCUT2D eigenvalue weighted by Crippen LogP contribution is -2.53. The summed E-state index contributed by atoms with van der Waals surface area (Å²) in [5.74, 6) is 1.34. The van der Waals surface area contributed by atoms with Crippen LogP contribution in [0.5, 0.6) is 0 Å². The van der Waals surface area contributed by atoms with Crippen LogP contribution in [0.1, 0.15) is 56.9 Å². The van der Waals surface area contributed by atoms with Crippen LogP contribution in [0.3, 0.4) is 0 Å². The predicted octanol–water partition coefficient (Wildman–Crippen LogP) is 3.70. The zero-order valence-electron chi connectivity index (χ0n) is 19.5. The van der Waals surface area contributed by atoms with E-state index in [2.05, 4.69) is 11.4 Å². The SMILES string of the molecule is O=C(C1CCCC1)N1CCN(C(=O)[C@H]2CC[C@H](CN3Cc4ccccc4NC3=O)CC2)CC1. The summed E-state index contributed by atoms with van der Waals surface area (Å²) >= 11 is 0. The topological polar surface area (TPSA) is 73.0 Å². The quantitative estimate of drug-likeness (QED) is 0.757. The Labute approximate surface area is 196 Å². The van der Waals surface area contributed by atoms with Crippen molar-refractivity contribution in [2.24, 2.45) is 17.8 Å². The molecule has 2 aliphatic heterocycles. The lowest BCUT2D eigenvalue weighted by molar-refractivity contribution is -0.144. The first-order valence-electron chi connectivity index (χ1n) is 12.8. The Morgan fingerprint density at radius 2 is 1.39 bits per heavy atom. The highest BCUT2D eigenvalue weighted by molar-refractivity contribution is 5.92. The van der Waals surface area contributed by atoms with Crippen LogP contribution in [0.4, 0.5) is 10.5 Å². The maximum atomic E-state index is 13.1. The van der Waals surface area contributed by atoms with E-state index < -0.39 is 0 Å². The van der Waals surface area contributed by atoms with Crippen molar-refractivity contribution in [2.75, 3.05) is 38.0 Å². The number of nitrogens with one attached hydrogen (secondary N) is 1. The number of hydrogen-bond donors (Lipinski definition) is 1. The van der Waals surface area contributed by atoms with Crippen molar-refractivity contribution in [3.05, 3.63) is 29.8 Å². The van der Waals surface area contributed by atoms with Crippen molar-refractivity contribution in [2.45, 2.75) is 57.9 Å². The van der Waals surface area contributed by atoms with Gasteiger partial charge in [0.2, 0.25) is 11.8 Å². The molecule has 7 nitrogen and oxygen atoms in total. The van der Waals surface area contributed by atoms with Gasteiger partial charge in [-0.1, -0.05) is 31.0 Å². The highest BCUT2D eigenvalue weighted by atomic mass is 16.2. The number of nitrogens with zero attached hydrogens (tertiary/aromatic N) is 3. The molecule has 0 atom stereocenters. The Morgan fingerprint density at radius 3 is 2.03 bits per heavy atom. The van der Waals surface area contributed by atoms with E-state index >= 15 is 0 Å². The van der Waals surface area contributed by atoms with Crippen LogP contribution in [0.2, 0.25) is 0 Å². The van der Waals surface area contributed by atoms with Gasteiger partial charge >= 0.3 is 6.03 Å². The molecule has 0 aromatic heterocycles. The summed E-state index contributed by atoms with van der Waals surface area (Å²) in [5, 5.41) is 3.00. The molecule has 5 rings (SSSR count). The number of carbonyl (C=O) groups is 3. The molecule has 2 aliphatic carbocycles. The monoisotopic (exact) mass is 452 g/mol. The van der Waals surface area contributed by atoms with Crippen molar-refractivity contribution < 1.29 is 14.4 Å². The fraction of sp³-hybridized carbons (Fsp3) is 0.654. The van der Waals surface area contributed by atoms with Gasteiger partial charge in [0.05, 0.1) is 0 Å². The zero-order valence-corrected chi connectivity index (χ0v) is 19.5. The third-order valence-corrected chi connectivity index (χ3v) is 8.19. The van der Waals surface area contributed by atoms with E-state index in [0.29, 0.717) is 44.5 Å². The van der Waals surface area contributed by atoms with Gasteiger partial charge in [-0.25, -0.2) is 4.79 Å². The first kappa shape index (κ1) is 22.2. The highest BCUT2D eigenvalue weighted by Crippen LogP contribution is 2.33. The zero-order chi connectivity index (χ0) is 22.8. The van der Waals surface area contributed by atoms with Gasteiger partial charge in [0, 0.05) is 56.8 Å². The number of hydrogen-bond acceptors (Lipinski definition) is 3. The molecule has 4 aliphatic rings. The molecular weight excluding hydrogens is 416 g/mol. The first-order chi connectivity index (χ1) is 16.1. The van der Waals surface area contributed by atoms with Crippen LogP contribution in [0.15, 0.2) is 24.3 Å². The van der Waals surface area contributed by atoms with Crippen LogP contribution < -0.4 is 5.32 Å². The minimum Gasteiger partial charge on any atom is -0.339 e. The summed E-state index contributed by atoms with van der Waals surface area (Å²) in [6.07, 6.45) is 8.19. The molecule has 0 spiro atoms. The minimum absolute atomic E-state index is 0.0167. The number of anilines is 1. The second kappa shape index (κ2) is 9.74. The molecule has 3 fully saturated rings. The fourth-order valence-electron chi connectivity index (χ4n) is 6.14. The number of piperazine rings is 1. The maximum absolute atomic E-state index is 13.1. The molecule has 2 heterocycles. The van der Waals surface area contributed by atoms with Crippen LogP contribution in [0, 0.1) is 17.8 Å². The van der Waals surface area contributed by atoms with Gasteiger partial charge in [-0.05, 0) is 56.1 Å². The number of carbonyl (C=O) groups excluding carboxylic acids is 3. The van der Waals surface area contributed by atoms with Crippen LogP contribution in [-0.2, 0) is 16.1 Å². The Bertz CT molecular complexity index is 881. The number of fused-ring (bicyclic) bond motifs is 1. The smallest absolute Gasteiger partial charge is 0.322 e. The van der Waals surface area contributed by atoms with Gasteiger partial charge in [-0.3, -0.25) is 9.59 Å². The summed E-state index contributed by atoms with van der Waals surface area (Å²) < 4.78 is 0. The molecule has 178 valence electrons. The average Bonchev–Trinajstić information content (AvgIpc) is 3.39. The Morgan fingerprint density at radius 1 is 0.818 bits per heavy atom. The lowest BCUT2D eigenvalue weighted by atomic mass is 9.81. The van der Waals surface area contributed by atoms with Gasteiger partial charge < -0.3 is 20.0 Å². The molecule has 1 aromatic rings. The molecule has 2 saturated carbocycles. The molecular formula is C26H36N4O3. The normalized spacial score (nSPS) is 26.2. The molecule has 4 amide bonds. The molecule has 0 bridgehead atoms. The number of urea groups is 1. The van der Waals surface area contributed by atoms with E-state index in [1.54, 1.807) is 0 Å². The molecule has 33 heavy (non-hydrogen) atoms. The van der Waals surface area contributed by atoms with Gasteiger partial charge in [0.15, 0.2) is 0 Å². The van der Waals surface area contributed by atoms with Crippen molar-refractivity contribution in [3.8, 4) is 0 Å². The molecule has 0 radical (unpaired) electrons. The summed E-state index contributed by atoms with van der Waals surface area (Å²) in [5.41, 5.74) is 2.07. The first-order valence-corrected chi connectivity index (χ1v) is 12.8. The number of amides is 4. The Balaban J connectivity index is 1.07. The third-order valence-electron chi connectivity index (χ3n) is 8.19. The summed E-state index contributed by atoms with van der Waals surface area (Å²) in [7, 11) is 0. The van der Waals surface area contributed by atoms with Crippen LogP contribution >= 0.6 is 0 Å². The summed E-state index contributed by atoms with van der Waals surface area (Å²) in [6, 6.07) is 7.96. The number of benzene rings is 1. The van der Waals surface area contributed by atoms with Crippen molar-refractivity contribution in [1.82, 2.24) is 14.7 Å². The largest absolute Gasteiger partial charge is 0.339 e. The number of para-hydroxylation sites is 1. The molecule has 1 saturated heterocycles. The predicted molar refractivity (Wildman–Crippen MR) is 126 cm³/mol. The minimum atomic E-state index is -0.0167. The van der Waals surface area contributed by atoms with Crippen LogP contribution in [-0.4, -0.2) is 65.3 Å². The van der Waals surface area contributed by atoms with Crippen molar-refractivity contribution >= 4 is 23.5 Å². The number of rotatable bonds is 4. The molecule has 1 aromatic carbocycles. The summed E-state index contributed by atoms with van der Waals surface area (Å²) in [6.45, 7) is 4.12. The molecule has 0 unspecified atom stereocenters. The van der Waals surface area contributed by atoms with E-state index in [1.807, 2.05) is 32.9 Å². The van der Waals surface area contributed by atoms with E-state index in [4.69, 9.17) is 0 Å². The van der Waals surface area contributed by atoms with Crippen molar-refractivity contribution in [1.29, 1.82) is 0 Å². The van der Waals surface area contributed by atoms with Gasteiger partial charge in [0.25, 0.3) is 0 Å². The van der Waals surface area contributed by atoms with Gasteiger partial charge in [-0.2, -0.15) is 0 Å². The van der Waals surface area contributed by atoms with E-state index in [1.165, 1.54) is 12.8 Å². The van der Waals surface area contributed by atoms with Crippen LogP contribution in [0.25, 0.3) is 0 Å². The second-order valence-corrected chi connectivity index (χ2v) is 10.3. The molecule has 7 heteroatoms. The van der Waals surface area contributed by atoms with E-state index in [-0.39, 0.29) is 23.8 Å². The Hall–Kier alpha value is -2.57. The van der Waals surface area contributed by atoms with Gasteiger partial charge in [0.1, 0.15) is 0 Å². The molecule has 1 N–H and O–H groups in total. The average molecular weight is 453 g/mol. The third kappa shape index (κ3) is 4.87. The summed E-state index contributed by atoms with van der Waals surface area (Å²) in [4.78, 5) is 44.2. The van der Waals surface area contributed by atoms with E-state index in [0.717, 1.165) is 56.3 Å².